The van der Waals surface area contributed by atoms with Gasteiger partial charge in [-0.15, -0.1) is 0 Å². The van der Waals surface area contributed by atoms with Gasteiger partial charge in [-0.05, 0) is 65.1 Å². The lowest BCUT2D eigenvalue weighted by Crippen LogP contribution is -2.38. The SMILES string of the molecule is Cc1ccc(OC2OC2C(C)C)c(C(CCN(C(C)C)C(C)C)c2ccccc2)c1. The molecule has 30 heavy (non-hydrogen) atoms. The Balaban J connectivity index is 1.90. The first-order valence-corrected chi connectivity index (χ1v) is 11.5. The van der Waals surface area contributed by atoms with Gasteiger partial charge in [0.25, 0.3) is 0 Å². The van der Waals surface area contributed by atoms with Crippen molar-refractivity contribution >= 4 is 0 Å². The van der Waals surface area contributed by atoms with E-state index in [9.17, 15) is 0 Å². The van der Waals surface area contributed by atoms with Crippen LogP contribution in [0.15, 0.2) is 48.5 Å². The zero-order valence-electron chi connectivity index (χ0n) is 19.8. The molecule has 1 heterocycles. The molecule has 3 nitrogen and oxygen atoms in total. The maximum Gasteiger partial charge on any atom is 0.227 e. The van der Waals surface area contributed by atoms with Crippen LogP contribution < -0.4 is 4.74 Å². The summed E-state index contributed by atoms with van der Waals surface area (Å²) in [7, 11) is 0. The van der Waals surface area contributed by atoms with Gasteiger partial charge in [0.15, 0.2) is 0 Å². The van der Waals surface area contributed by atoms with Crippen LogP contribution in [0.1, 0.15) is 70.6 Å². The van der Waals surface area contributed by atoms with Crippen LogP contribution in [0.3, 0.4) is 0 Å². The molecular weight excluding hydrogens is 370 g/mol. The molecule has 1 aliphatic heterocycles. The van der Waals surface area contributed by atoms with Gasteiger partial charge in [-0.3, -0.25) is 4.90 Å². The lowest BCUT2D eigenvalue weighted by Gasteiger charge is -2.32. The topological polar surface area (TPSA) is 25.0 Å². The summed E-state index contributed by atoms with van der Waals surface area (Å²) < 4.78 is 12.1. The van der Waals surface area contributed by atoms with E-state index in [0.717, 1.165) is 18.7 Å². The number of nitrogens with zero attached hydrogens (tertiary/aromatic N) is 1. The van der Waals surface area contributed by atoms with Crippen molar-refractivity contribution in [1.82, 2.24) is 4.90 Å². The number of hydrogen-bond acceptors (Lipinski definition) is 3. The molecule has 0 N–H and O–H groups in total. The summed E-state index contributed by atoms with van der Waals surface area (Å²) >= 11 is 0. The molecule has 1 saturated heterocycles. The number of benzene rings is 2. The number of aryl methyl sites for hydroxylation is 1. The van der Waals surface area contributed by atoms with Gasteiger partial charge in [0.2, 0.25) is 6.29 Å². The summed E-state index contributed by atoms with van der Waals surface area (Å²) in [6.07, 6.45) is 1.14. The quantitative estimate of drug-likeness (QED) is 0.425. The van der Waals surface area contributed by atoms with E-state index in [1.165, 1.54) is 16.7 Å². The highest BCUT2D eigenvalue weighted by Crippen LogP contribution is 2.39. The summed E-state index contributed by atoms with van der Waals surface area (Å²) in [5.74, 6) is 1.72. The van der Waals surface area contributed by atoms with E-state index in [4.69, 9.17) is 9.47 Å². The van der Waals surface area contributed by atoms with Crippen molar-refractivity contribution in [1.29, 1.82) is 0 Å². The molecule has 2 aromatic rings. The molecule has 0 bridgehead atoms. The van der Waals surface area contributed by atoms with Gasteiger partial charge in [-0.25, -0.2) is 0 Å². The first kappa shape index (κ1) is 22.8. The smallest absolute Gasteiger partial charge is 0.227 e. The third-order valence-corrected chi connectivity index (χ3v) is 6.13. The van der Waals surface area contributed by atoms with Crippen LogP contribution in [0.5, 0.6) is 5.75 Å². The molecule has 164 valence electrons. The van der Waals surface area contributed by atoms with Crippen molar-refractivity contribution in [3.63, 3.8) is 0 Å². The van der Waals surface area contributed by atoms with E-state index < -0.39 is 0 Å². The molecule has 0 spiro atoms. The maximum atomic E-state index is 6.35. The Morgan fingerprint density at radius 1 is 0.933 bits per heavy atom. The molecule has 0 radical (unpaired) electrons. The summed E-state index contributed by atoms with van der Waals surface area (Å²) in [5, 5.41) is 0. The molecule has 3 unspecified atom stereocenters. The fraction of sp³-hybridized carbons (Fsp3) is 0.556. The molecule has 2 aromatic carbocycles. The first-order chi connectivity index (χ1) is 14.3. The maximum absolute atomic E-state index is 6.35. The van der Waals surface area contributed by atoms with Crippen LogP contribution in [0, 0.1) is 12.8 Å². The van der Waals surface area contributed by atoms with Gasteiger partial charge < -0.3 is 9.47 Å². The van der Waals surface area contributed by atoms with Crippen LogP contribution in [0.2, 0.25) is 0 Å². The summed E-state index contributed by atoms with van der Waals surface area (Å²) in [6.45, 7) is 16.7. The van der Waals surface area contributed by atoms with Crippen LogP contribution in [0.4, 0.5) is 0 Å². The van der Waals surface area contributed by atoms with Gasteiger partial charge in [-0.2, -0.15) is 0 Å². The van der Waals surface area contributed by atoms with Gasteiger partial charge in [-0.1, -0.05) is 61.9 Å². The zero-order valence-corrected chi connectivity index (χ0v) is 19.8. The monoisotopic (exact) mass is 409 g/mol. The Morgan fingerprint density at radius 3 is 2.17 bits per heavy atom. The van der Waals surface area contributed by atoms with E-state index in [0.29, 0.717) is 18.0 Å². The van der Waals surface area contributed by atoms with Gasteiger partial charge in [0.1, 0.15) is 11.9 Å². The minimum absolute atomic E-state index is 0.120. The standard InChI is InChI=1S/C27H39NO2/c1-18(2)26-27(30-26)29-25-14-13-21(7)17-24(25)23(22-11-9-8-10-12-22)15-16-28(19(3)4)20(5)6/h8-14,17-20,23,26-27H,15-16H2,1-7H3. The average Bonchev–Trinajstić information content (AvgIpc) is 3.46. The zero-order chi connectivity index (χ0) is 21.8. The molecule has 0 saturated carbocycles. The first-order valence-electron chi connectivity index (χ1n) is 11.5. The van der Waals surface area contributed by atoms with Crippen LogP contribution in [0.25, 0.3) is 0 Å². The molecule has 3 heteroatoms. The second kappa shape index (κ2) is 9.98. The highest BCUT2D eigenvalue weighted by molar-refractivity contribution is 5.44. The lowest BCUT2D eigenvalue weighted by molar-refractivity contribution is 0.167. The molecule has 1 aliphatic rings. The minimum Gasteiger partial charge on any atom is -0.462 e. The largest absolute Gasteiger partial charge is 0.462 e. The highest BCUT2D eigenvalue weighted by atomic mass is 16.8. The van der Waals surface area contributed by atoms with E-state index in [1.54, 1.807) is 0 Å². The Bertz CT molecular complexity index is 792. The van der Waals surface area contributed by atoms with Crippen LogP contribution in [-0.2, 0) is 4.74 Å². The van der Waals surface area contributed by atoms with E-state index in [1.807, 2.05) is 0 Å². The predicted octanol–water partition coefficient (Wildman–Crippen LogP) is 6.40. The molecule has 0 amide bonds. The summed E-state index contributed by atoms with van der Waals surface area (Å²) in [4.78, 5) is 2.57. The van der Waals surface area contributed by atoms with Crippen molar-refractivity contribution in [2.75, 3.05) is 6.54 Å². The van der Waals surface area contributed by atoms with Crippen LogP contribution >= 0.6 is 0 Å². The average molecular weight is 410 g/mol. The second-order valence-corrected chi connectivity index (χ2v) is 9.55. The second-order valence-electron chi connectivity index (χ2n) is 9.55. The van der Waals surface area contributed by atoms with Crippen molar-refractivity contribution in [3.05, 3.63) is 65.2 Å². The Kier molecular flexibility index (Phi) is 7.60. The number of rotatable bonds is 10. The van der Waals surface area contributed by atoms with Crippen molar-refractivity contribution in [3.8, 4) is 5.75 Å². The van der Waals surface area contributed by atoms with Crippen molar-refractivity contribution < 1.29 is 9.47 Å². The summed E-state index contributed by atoms with van der Waals surface area (Å²) in [5.41, 5.74) is 3.88. The van der Waals surface area contributed by atoms with E-state index in [2.05, 4.69) is 102 Å². The Labute approximate surface area is 183 Å². The van der Waals surface area contributed by atoms with Gasteiger partial charge in [0, 0.05) is 23.6 Å². The van der Waals surface area contributed by atoms with E-state index in [-0.39, 0.29) is 18.3 Å². The molecular formula is C27H39NO2. The normalized spacial score (nSPS) is 19.7. The molecule has 3 atom stereocenters. The molecule has 0 aliphatic carbocycles. The number of hydrogen-bond donors (Lipinski definition) is 0. The third-order valence-electron chi connectivity index (χ3n) is 6.13. The molecule has 3 rings (SSSR count). The lowest BCUT2D eigenvalue weighted by atomic mass is 9.86. The fourth-order valence-corrected chi connectivity index (χ4v) is 4.43. The predicted molar refractivity (Wildman–Crippen MR) is 125 cm³/mol. The Morgan fingerprint density at radius 2 is 1.60 bits per heavy atom. The number of ether oxygens (including phenoxy) is 2. The molecule has 0 aromatic heterocycles. The van der Waals surface area contributed by atoms with Gasteiger partial charge in [0.05, 0.1) is 0 Å². The Hall–Kier alpha value is -1.84. The minimum atomic E-state index is -0.120. The highest BCUT2D eigenvalue weighted by Gasteiger charge is 2.44. The van der Waals surface area contributed by atoms with Gasteiger partial charge >= 0.3 is 0 Å². The molecule has 1 fully saturated rings. The third kappa shape index (κ3) is 5.65. The van der Waals surface area contributed by atoms with Crippen molar-refractivity contribution in [2.45, 2.75) is 85.3 Å². The van der Waals surface area contributed by atoms with Crippen LogP contribution in [-0.4, -0.2) is 35.9 Å². The van der Waals surface area contributed by atoms with Crippen molar-refractivity contribution in [2.24, 2.45) is 5.92 Å². The number of epoxide rings is 1. The fourth-order valence-electron chi connectivity index (χ4n) is 4.43. The van der Waals surface area contributed by atoms with E-state index >= 15 is 0 Å². The summed E-state index contributed by atoms with van der Waals surface area (Å²) in [6, 6.07) is 18.5.